The van der Waals surface area contributed by atoms with Crippen molar-refractivity contribution in [1.29, 1.82) is 0 Å². The van der Waals surface area contributed by atoms with E-state index in [9.17, 15) is 4.79 Å². The predicted octanol–water partition coefficient (Wildman–Crippen LogP) is 2.06. The molecule has 1 heterocycles. The van der Waals surface area contributed by atoms with Crippen molar-refractivity contribution >= 4 is 5.97 Å². The second-order valence-electron chi connectivity index (χ2n) is 4.75. The number of aromatic nitrogens is 1. The number of rotatable bonds is 8. The van der Waals surface area contributed by atoms with Gasteiger partial charge in [-0.1, -0.05) is 13.3 Å². The number of aromatic carboxylic acids is 1. The standard InChI is InChI=1S/C14H22N2O3/c1-4-6-12-9-11(14(17)18)10-13(15-12)19-8-5-7-16(2)3/h9-10H,4-8H2,1-3H3,(H,17,18). The number of ether oxygens (including phenoxy) is 1. The van der Waals surface area contributed by atoms with E-state index in [4.69, 9.17) is 9.84 Å². The SMILES string of the molecule is CCCc1cc(C(=O)O)cc(OCCCN(C)C)n1. The average molecular weight is 266 g/mol. The Morgan fingerprint density at radius 3 is 2.74 bits per heavy atom. The summed E-state index contributed by atoms with van der Waals surface area (Å²) in [6.07, 6.45) is 2.57. The van der Waals surface area contributed by atoms with Crippen molar-refractivity contribution in [1.82, 2.24) is 9.88 Å². The summed E-state index contributed by atoms with van der Waals surface area (Å²) >= 11 is 0. The van der Waals surface area contributed by atoms with Gasteiger partial charge in [0.1, 0.15) is 0 Å². The third kappa shape index (κ3) is 5.70. The van der Waals surface area contributed by atoms with E-state index in [1.807, 2.05) is 21.0 Å². The fraction of sp³-hybridized carbons (Fsp3) is 0.571. The number of hydrogen-bond acceptors (Lipinski definition) is 4. The zero-order valence-electron chi connectivity index (χ0n) is 11.8. The summed E-state index contributed by atoms with van der Waals surface area (Å²) in [7, 11) is 4.01. The Hall–Kier alpha value is -1.62. The Balaban J connectivity index is 2.67. The minimum Gasteiger partial charge on any atom is -0.478 e. The first-order valence-electron chi connectivity index (χ1n) is 6.54. The van der Waals surface area contributed by atoms with Crippen molar-refractivity contribution in [3.63, 3.8) is 0 Å². The molecular formula is C14H22N2O3. The Bertz CT molecular complexity index is 419. The van der Waals surface area contributed by atoms with Crippen LogP contribution in [-0.2, 0) is 6.42 Å². The van der Waals surface area contributed by atoms with Gasteiger partial charge in [-0.3, -0.25) is 0 Å². The van der Waals surface area contributed by atoms with Crippen LogP contribution in [-0.4, -0.2) is 48.2 Å². The lowest BCUT2D eigenvalue weighted by Crippen LogP contribution is -2.16. The Morgan fingerprint density at radius 2 is 2.16 bits per heavy atom. The van der Waals surface area contributed by atoms with Crippen molar-refractivity contribution in [3.8, 4) is 5.88 Å². The molecule has 0 saturated carbocycles. The fourth-order valence-electron chi connectivity index (χ4n) is 1.70. The average Bonchev–Trinajstić information content (AvgIpc) is 2.34. The Morgan fingerprint density at radius 1 is 1.42 bits per heavy atom. The quantitative estimate of drug-likeness (QED) is 0.730. The highest BCUT2D eigenvalue weighted by molar-refractivity contribution is 5.88. The summed E-state index contributed by atoms with van der Waals surface area (Å²) in [6.45, 7) is 3.51. The minimum atomic E-state index is -0.946. The lowest BCUT2D eigenvalue weighted by molar-refractivity contribution is 0.0696. The van der Waals surface area contributed by atoms with E-state index in [2.05, 4.69) is 9.88 Å². The third-order valence-corrected chi connectivity index (χ3v) is 2.61. The first-order valence-corrected chi connectivity index (χ1v) is 6.54. The maximum absolute atomic E-state index is 11.0. The van der Waals surface area contributed by atoms with Gasteiger partial charge in [0.15, 0.2) is 0 Å². The van der Waals surface area contributed by atoms with Crippen molar-refractivity contribution in [2.45, 2.75) is 26.2 Å². The van der Waals surface area contributed by atoms with E-state index in [-0.39, 0.29) is 5.56 Å². The maximum Gasteiger partial charge on any atom is 0.335 e. The molecule has 1 rings (SSSR count). The van der Waals surface area contributed by atoms with Crippen LogP contribution >= 0.6 is 0 Å². The van der Waals surface area contributed by atoms with Crippen molar-refractivity contribution in [2.75, 3.05) is 27.2 Å². The number of nitrogens with zero attached hydrogens (tertiary/aromatic N) is 2. The Kier molecular flexibility index (Phi) is 6.29. The molecule has 5 heteroatoms. The van der Waals surface area contributed by atoms with Gasteiger partial charge in [-0.05, 0) is 33.0 Å². The highest BCUT2D eigenvalue weighted by Gasteiger charge is 2.09. The second-order valence-corrected chi connectivity index (χ2v) is 4.75. The van der Waals surface area contributed by atoms with E-state index in [0.717, 1.165) is 31.5 Å². The number of carboxylic acid groups (broad SMARTS) is 1. The zero-order chi connectivity index (χ0) is 14.3. The molecule has 0 spiro atoms. The van der Waals surface area contributed by atoms with Gasteiger partial charge in [0.05, 0.1) is 12.2 Å². The van der Waals surface area contributed by atoms with Gasteiger partial charge in [0.25, 0.3) is 0 Å². The van der Waals surface area contributed by atoms with Crippen molar-refractivity contribution < 1.29 is 14.6 Å². The van der Waals surface area contributed by atoms with Gasteiger partial charge < -0.3 is 14.7 Å². The zero-order valence-corrected chi connectivity index (χ0v) is 11.8. The normalized spacial score (nSPS) is 10.7. The summed E-state index contributed by atoms with van der Waals surface area (Å²) in [6, 6.07) is 3.09. The largest absolute Gasteiger partial charge is 0.478 e. The maximum atomic E-state index is 11.0. The van der Waals surface area contributed by atoms with Gasteiger partial charge >= 0.3 is 5.97 Å². The minimum absolute atomic E-state index is 0.237. The molecule has 0 bridgehead atoms. The van der Waals surface area contributed by atoms with Gasteiger partial charge in [0, 0.05) is 18.3 Å². The van der Waals surface area contributed by atoms with Crippen LogP contribution in [0.25, 0.3) is 0 Å². The van der Waals surface area contributed by atoms with Gasteiger partial charge in [0.2, 0.25) is 5.88 Å². The molecule has 19 heavy (non-hydrogen) atoms. The molecule has 0 unspecified atom stereocenters. The number of carboxylic acids is 1. The lowest BCUT2D eigenvalue weighted by atomic mass is 10.1. The van der Waals surface area contributed by atoms with Crippen LogP contribution in [0, 0.1) is 0 Å². The fourth-order valence-corrected chi connectivity index (χ4v) is 1.70. The van der Waals surface area contributed by atoms with Gasteiger partial charge in [-0.25, -0.2) is 9.78 Å². The number of pyridine rings is 1. The van der Waals surface area contributed by atoms with E-state index in [0.29, 0.717) is 12.5 Å². The van der Waals surface area contributed by atoms with Gasteiger partial charge in [-0.15, -0.1) is 0 Å². The molecule has 1 aromatic rings. The molecule has 0 aromatic carbocycles. The van der Waals surface area contributed by atoms with E-state index < -0.39 is 5.97 Å². The molecular weight excluding hydrogens is 244 g/mol. The lowest BCUT2D eigenvalue weighted by Gasteiger charge is -2.11. The molecule has 1 aromatic heterocycles. The molecule has 0 aliphatic heterocycles. The molecule has 106 valence electrons. The van der Waals surface area contributed by atoms with Crippen LogP contribution in [0.4, 0.5) is 0 Å². The molecule has 0 atom stereocenters. The van der Waals surface area contributed by atoms with Crippen molar-refractivity contribution in [3.05, 3.63) is 23.4 Å². The van der Waals surface area contributed by atoms with Crippen molar-refractivity contribution in [2.24, 2.45) is 0 Å². The second kappa shape index (κ2) is 7.74. The van der Waals surface area contributed by atoms with Crippen LogP contribution in [0.15, 0.2) is 12.1 Å². The monoisotopic (exact) mass is 266 g/mol. The van der Waals surface area contributed by atoms with Crippen LogP contribution in [0.1, 0.15) is 35.8 Å². The smallest absolute Gasteiger partial charge is 0.335 e. The molecule has 0 fully saturated rings. The van der Waals surface area contributed by atoms with Crippen LogP contribution in [0.5, 0.6) is 5.88 Å². The number of carbonyl (C=O) groups is 1. The predicted molar refractivity (Wildman–Crippen MR) is 73.9 cm³/mol. The van der Waals surface area contributed by atoms with E-state index >= 15 is 0 Å². The highest BCUT2D eigenvalue weighted by Crippen LogP contribution is 2.14. The summed E-state index contributed by atoms with van der Waals surface area (Å²) < 4.78 is 5.53. The summed E-state index contributed by atoms with van der Waals surface area (Å²) in [5, 5.41) is 9.06. The molecule has 0 aliphatic carbocycles. The highest BCUT2D eigenvalue weighted by atomic mass is 16.5. The molecule has 1 N–H and O–H groups in total. The first kappa shape index (κ1) is 15.4. The number of hydrogen-bond donors (Lipinski definition) is 1. The summed E-state index contributed by atoms with van der Waals surface area (Å²) in [4.78, 5) is 17.4. The van der Waals surface area contributed by atoms with Crippen LogP contribution in [0.2, 0.25) is 0 Å². The van der Waals surface area contributed by atoms with Crippen LogP contribution in [0.3, 0.4) is 0 Å². The summed E-state index contributed by atoms with van der Waals surface area (Å²) in [5.41, 5.74) is 1.01. The van der Waals surface area contributed by atoms with Crippen LogP contribution < -0.4 is 4.74 Å². The Labute approximate surface area is 114 Å². The molecule has 0 radical (unpaired) electrons. The van der Waals surface area contributed by atoms with E-state index in [1.165, 1.54) is 6.07 Å². The molecule has 0 aliphatic rings. The third-order valence-electron chi connectivity index (χ3n) is 2.61. The summed E-state index contributed by atoms with van der Waals surface area (Å²) in [5.74, 6) is -0.542. The first-order chi connectivity index (χ1) is 9.02. The number of aryl methyl sites for hydroxylation is 1. The topological polar surface area (TPSA) is 62.7 Å². The molecule has 0 amide bonds. The molecule has 5 nitrogen and oxygen atoms in total. The van der Waals surface area contributed by atoms with E-state index in [1.54, 1.807) is 6.07 Å². The molecule has 0 saturated heterocycles. The van der Waals surface area contributed by atoms with Gasteiger partial charge in [-0.2, -0.15) is 0 Å².